The van der Waals surface area contributed by atoms with E-state index in [-0.39, 0.29) is 6.04 Å². The molecule has 0 bridgehead atoms. The summed E-state index contributed by atoms with van der Waals surface area (Å²) in [5.41, 5.74) is 4.72. The molecule has 0 amide bonds. The first-order valence-corrected chi connectivity index (χ1v) is 10.8. The molecule has 158 valence electrons. The van der Waals surface area contributed by atoms with Crippen LogP contribution in [0, 0.1) is 0 Å². The molecule has 5 aromatic rings. The van der Waals surface area contributed by atoms with Gasteiger partial charge in [0.05, 0.1) is 36.7 Å². The molecule has 7 nitrogen and oxygen atoms in total. The van der Waals surface area contributed by atoms with Crippen molar-refractivity contribution in [1.29, 1.82) is 0 Å². The highest BCUT2D eigenvalue weighted by atomic mass is 16.5. The summed E-state index contributed by atoms with van der Waals surface area (Å²) in [6, 6.07) is 14.5. The van der Waals surface area contributed by atoms with Crippen molar-refractivity contribution in [1.82, 2.24) is 24.9 Å². The van der Waals surface area contributed by atoms with Gasteiger partial charge in [-0.3, -0.25) is 9.97 Å². The number of aromatic nitrogens is 5. The fourth-order valence-electron chi connectivity index (χ4n) is 4.35. The van der Waals surface area contributed by atoms with Gasteiger partial charge in [0, 0.05) is 52.6 Å². The highest BCUT2D eigenvalue weighted by Gasteiger charge is 2.24. The molecule has 32 heavy (non-hydrogen) atoms. The number of hydrogen-bond donors (Lipinski definition) is 1. The van der Waals surface area contributed by atoms with E-state index in [9.17, 15) is 0 Å². The van der Waals surface area contributed by atoms with E-state index >= 15 is 0 Å². The van der Waals surface area contributed by atoms with Crippen LogP contribution in [0.2, 0.25) is 0 Å². The van der Waals surface area contributed by atoms with Gasteiger partial charge in [0.15, 0.2) is 5.82 Å². The molecule has 0 aliphatic carbocycles. The zero-order valence-corrected chi connectivity index (χ0v) is 17.7. The van der Waals surface area contributed by atoms with Crippen molar-refractivity contribution in [2.75, 3.05) is 24.7 Å². The lowest BCUT2D eigenvalue weighted by atomic mass is 10.1. The van der Waals surface area contributed by atoms with Crippen LogP contribution in [0.25, 0.3) is 44.5 Å². The number of pyridine rings is 2. The number of morpholine rings is 1. The van der Waals surface area contributed by atoms with Gasteiger partial charge in [0.1, 0.15) is 5.82 Å². The molecule has 1 fully saturated rings. The fourth-order valence-corrected chi connectivity index (χ4v) is 4.35. The van der Waals surface area contributed by atoms with Crippen LogP contribution in [0.4, 0.5) is 5.82 Å². The Balaban J connectivity index is 1.59. The third-order valence-electron chi connectivity index (χ3n) is 5.99. The van der Waals surface area contributed by atoms with E-state index in [0.29, 0.717) is 19.0 Å². The number of H-pyrrole nitrogens is 1. The van der Waals surface area contributed by atoms with Gasteiger partial charge in [-0.05, 0) is 37.3 Å². The smallest absolute Gasteiger partial charge is 0.162 e. The fraction of sp³-hybridized carbons (Fsp3) is 0.200. The van der Waals surface area contributed by atoms with Crippen LogP contribution in [0.1, 0.15) is 6.92 Å². The average Bonchev–Trinajstić information content (AvgIpc) is 3.33. The Bertz CT molecular complexity index is 1410. The molecule has 1 aromatic carbocycles. The van der Waals surface area contributed by atoms with Crippen LogP contribution in [0.15, 0.2) is 67.3 Å². The minimum Gasteiger partial charge on any atom is -0.377 e. The summed E-state index contributed by atoms with van der Waals surface area (Å²) in [7, 11) is 0. The molecule has 5 heterocycles. The Morgan fingerprint density at radius 1 is 1.06 bits per heavy atom. The number of hydrogen-bond acceptors (Lipinski definition) is 6. The number of anilines is 1. The highest BCUT2D eigenvalue weighted by Crippen LogP contribution is 2.33. The minimum atomic E-state index is 0.216. The first kappa shape index (κ1) is 18.9. The molecule has 6 rings (SSSR count). The first-order chi connectivity index (χ1) is 15.8. The number of ether oxygens (including phenoxy) is 1. The highest BCUT2D eigenvalue weighted by molar-refractivity contribution is 5.97. The summed E-state index contributed by atoms with van der Waals surface area (Å²) in [5, 5.41) is 2.09. The van der Waals surface area contributed by atoms with Crippen LogP contribution in [-0.4, -0.2) is 50.7 Å². The number of rotatable bonds is 3. The van der Waals surface area contributed by atoms with Crippen LogP contribution in [0.3, 0.4) is 0 Å². The SMILES string of the molecule is C[C@@H]1COCCN1c1nc(-c2cccc3[nH]ccc23)nc2cnc(-c3cccnc3)cc12. The molecule has 1 N–H and O–H groups in total. The average molecular weight is 422 g/mol. The third-order valence-corrected chi connectivity index (χ3v) is 5.99. The molecule has 4 aromatic heterocycles. The van der Waals surface area contributed by atoms with Crippen molar-refractivity contribution in [2.45, 2.75) is 13.0 Å². The van der Waals surface area contributed by atoms with E-state index < -0.39 is 0 Å². The zero-order chi connectivity index (χ0) is 21.5. The van der Waals surface area contributed by atoms with Gasteiger partial charge in [0.2, 0.25) is 0 Å². The van der Waals surface area contributed by atoms with Crippen molar-refractivity contribution < 1.29 is 4.74 Å². The number of nitrogens with one attached hydrogen (secondary N) is 1. The van der Waals surface area contributed by atoms with Crippen molar-refractivity contribution in [3.05, 3.63) is 67.3 Å². The van der Waals surface area contributed by atoms with Crippen LogP contribution < -0.4 is 4.90 Å². The summed E-state index contributed by atoms with van der Waals surface area (Å²) in [6.45, 7) is 4.31. The molecule has 1 atom stereocenters. The van der Waals surface area contributed by atoms with Gasteiger partial charge in [-0.25, -0.2) is 9.97 Å². The number of aromatic amines is 1. The molecule has 0 saturated carbocycles. The standard InChI is InChI=1S/C25H22N6O/c1-16-15-32-11-10-31(16)25-20-12-22(17-4-3-8-26-13-17)28-14-23(20)29-24(30-25)19-5-2-6-21-18(19)7-9-27-21/h2-9,12-14,16,27H,10-11,15H2,1H3/t16-/m1/s1. The Kier molecular flexibility index (Phi) is 4.54. The zero-order valence-electron chi connectivity index (χ0n) is 17.7. The topological polar surface area (TPSA) is 79.8 Å². The second-order valence-electron chi connectivity index (χ2n) is 8.06. The van der Waals surface area contributed by atoms with E-state index in [1.807, 2.05) is 36.8 Å². The van der Waals surface area contributed by atoms with Crippen molar-refractivity contribution in [3.63, 3.8) is 0 Å². The van der Waals surface area contributed by atoms with Crippen LogP contribution >= 0.6 is 0 Å². The minimum absolute atomic E-state index is 0.216. The lowest BCUT2D eigenvalue weighted by molar-refractivity contribution is 0.0987. The monoisotopic (exact) mass is 422 g/mol. The molecular weight excluding hydrogens is 400 g/mol. The lowest BCUT2D eigenvalue weighted by Crippen LogP contribution is -2.44. The van der Waals surface area contributed by atoms with Gasteiger partial charge in [-0.2, -0.15) is 0 Å². The summed E-state index contributed by atoms with van der Waals surface area (Å²) >= 11 is 0. The van der Waals surface area contributed by atoms with Crippen molar-refractivity contribution in [2.24, 2.45) is 0 Å². The van der Waals surface area contributed by atoms with E-state index in [4.69, 9.17) is 14.7 Å². The summed E-state index contributed by atoms with van der Waals surface area (Å²) in [5.74, 6) is 1.62. The molecule has 7 heteroatoms. The number of fused-ring (bicyclic) bond motifs is 2. The normalized spacial score (nSPS) is 16.7. The number of nitrogens with zero attached hydrogens (tertiary/aromatic N) is 5. The maximum atomic E-state index is 5.69. The van der Waals surface area contributed by atoms with Gasteiger partial charge in [-0.1, -0.05) is 12.1 Å². The summed E-state index contributed by atoms with van der Waals surface area (Å²) < 4.78 is 5.69. The van der Waals surface area contributed by atoms with Gasteiger partial charge in [0.25, 0.3) is 0 Å². The summed E-state index contributed by atoms with van der Waals surface area (Å²) in [6.07, 6.45) is 7.38. The second-order valence-corrected chi connectivity index (χ2v) is 8.06. The van der Waals surface area contributed by atoms with Crippen LogP contribution in [-0.2, 0) is 4.74 Å². The van der Waals surface area contributed by atoms with Gasteiger partial charge < -0.3 is 14.6 Å². The first-order valence-electron chi connectivity index (χ1n) is 10.8. The molecular formula is C25H22N6O. The molecule has 1 aliphatic rings. The van der Waals surface area contributed by atoms with Crippen LogP contribution in [0.5, 0.6) is 0 Å². The van der Waals surface area contributed by atoms with Gasteiger partial charge >= 0.3 is 0 Å². The largest absolute Gasteiger partial charge is 0.377 e. The predicted molar refractivity (Wildman–Crippen MR) is 125 cm³/mol. The third kappa shape index (κ3) is 3.18. The van der Waals surface area contributed by atoms with Crippen molar-refractivity contribution >= 4 is 27.6 Å². The summed E-state index contributed by atoms with van der Waals surface area (Å²) in [4.78, 5) is 24.6. The van der Waals surface area contributed by atoms with E-state index in [0.717, 1.165) is 51.0 Å². The molecule has 0 unspecified atom stereocenters. The molecule has 0 spiro atoms. The van der Waals surface area contributed by atoms with E-state index in [1.54, 1.807) is 6.20 Å². The molecule has 0 radical (unpaired) electrons. The lowest BCUT2D eigenvalue weighted by Gasteiger charge is -2.35. The maximum absolute atomic E-state index is 5.69. The quantitative estimate of drug-likeness (QED) is 0.462. The van der Waals surface area contributed by atoms with E-state index in [2.05, 4.69) is 51.0 Å². The van der Waals surface area contributed by atoms with Gasteiger partial charge in [-0.15, -0.1) is 0 Å². The molecule has 1 aliphatic heterocycles. The Morgan fingerprint density at radius 2 is 2.03 bits per heavy atom. The van der Waals surface area contributed by atoms with Crippen molar-refractivity contribution in [3.8, 4) is 22.6 Å². The predicted octanol–water partition coefficient (Wildman–Crippen LogP) is 4.46. The number of benzene rings is 1. The Hall–Kier alpha value is -3.84. The Labute approximate surface area is 185 Å². The van der Waals surface area contributed by atoms with E-state index in [1.165, 1.54) is 0 Å². The molecule has 1 saturated heterocycles. The second kappa shape index (κ2) is 7.69. The maximum Gasteiger partial charge on any atom is 0.162 e. The Morgan fingerprint density at radius 3 is 2.91 bits per heavy atom.